The zero-order valence-corrected chi connectivity index (χ0v) is 19.8. The normalized spacial score (nSPS) is 17.1. The standard InChI is InChI=1S/C23H40N6O2/c1-6-9-19(28-22(30)31-23(2,3)4)16-26-21(24-5)27-18-11-14-29(15-12-18)17-20-10-7-8-13-25-20/h7-8,10,13,18-19H,6,9,11-12,14-17H2,1-5H3,(H,28,30)(H2,24,26,27). The van der Waals surface area contributed by atoms with Crippen molar-refractivity contribution < 1.29 is 9.53 Å². The van der Waals surface area contributed by atoms with Gasteiger partial charge in [0.25, 0.3) is 0 Å². The van der Waals surface area contributed by atoms with Gasteiger partial charge in [-0.2, -0.15) is 0 Å². The first-order chi connectivity index (χ1) is 14.8. The van der Waals surface area contributed by atoms with E-state index in [1.54, 1.807) is 7.05 Å². The van der Waals surface area contributed by atoms with Crippen LogP contribution < -0.4 is 16.0 Å². The van der Waals surface area contributed by atoms with Gasteiger partial charge in [0.15, 0.2) is 5.96 Å². The first-order valence-electron chi connectivity index (χ1n) is 11.4. The lowest BCUT2D eigenvalue weighted by Crippen LogP contribution is -2.51. The molecular weight excluding hydrogens is 392 g/mol. The molecule has 3 N–H and O–H groups in total. The minimum absolute atomic E-state index is 0.0152. The Hall–Kier alpha value is -2.35. The molecule has 0 aromatic carbocycles. The number of nitrogens with one attached hydrogen (secondary N) is 3. The van der Waals surface area contributed by atoms with Crippen molar-refractivity contribution in [1.82, 2.24) is 25.8 Å². The molecule has 1 saturated heterocycles. The highest BCUT2D eigenvalue weighted by atomic mass is 16.6. The summed E-state index contributed by atoms with van der Waals surface area (Å²) in [5.41, 5.74) is 0.614. The van der Waals surface area contributed by atoms with Crippen molar-refractivity contribution in [2.24, 2.45) is 4.99 Å². The first kappa shape index (κ1) is 24.9. The van der Waals surface area contributed by atoms with Crippen LogP contribution >= 0.6 is 0 Å². The van der Waals surface area contributed by atoms with Crippen LogP contribution in [-0.4, -0.2) is 66.3 Å². The summed E-state index contributed by atoms with van der Waals surface area (Å²) in [5, 5.41) is 9.87. The number of nitrogens with zero attached hydrogens (tertiary/aromatic N) is 3. The molecule has 0 aliphatic carbocycles. The molecule has 1 aromatic heterocycles. The third kappa shape index (κ3) is 10.0. The summed E-state index contributed by atoms with van der Waals surface area (Å²) < 4.78 is 5.39. The molecular formula is C23H40N6O2. The molecule has 0 spiro atoms. The molecule has 1 unspecified atom stereocenters. The molecule has 1 aliphatic rings. The highest BCUT2D eigenvalue weighted by Gasteiger charge is 2.22. The molecule has 174 valence electrons. The van der Waals surface area contributed by atoms with E-state index >= 15 is 0 Å². The molecule has 1 fully saturated rings. The number of rotatable bonds is 8. The summed E-state index contributed by atoms with van der Waals surface area (Å²) in [6.07, 6.45) is 5.43. The largest absolute Gasteiger partial charge is 0.444 e. The minimum atomic E-state index is -0.503. The second kappa shape index (κ2) is 12.5. The van der Waals surface area contributed by atoms with Crippen molar-refractivity contribution in [3.63, 3.8) is 0 Å². The fraction of sp³-hybridized carbons (Fsp3) is 0.696. The molecule has 1 aliphatic heterocycles. The van der Waals surface area contributed by atoms with Crippen LogP contribution in [0.2, 0.25) is 0 Å². The summed E-state index contributed by atoms with van der Waals surface area (Å²) in [6.45, 7) is 11.3. The number of aliphatic imine (C=N–C) groups is 1. The highest BCUT2D eigenvalue weighted by Crippen LogP contribution is 2.13. The number of hydrogen-bond acceptors (Lipinski definition) is 5. The second-order valence-corrected chi connectivity index (χ2v) is 9.10. The van der Waals surface area contributed by atoms with Crippen LogP contribution in [0.15, 0.2) is 29.4 Å². The number of guanidine groups is 1. The first-order valence-corrected chi connectivity index (χ1v) is 11.4. The highest BCUT2D eigenvalue weighted by molar-refractivity contribution is 5.80. The van der Waals surface area contributed by atoms with E-state index in [0.717, 1.165) is 57.0 Å². The van der Waals surface area contributed by atoms with E-state index in [2.05, 4.69) is 43.8 Å². The number of carbonyl (C=O) groups excluding carboxylic acids is 1. The van der Waals surface area contributed by atoms with Crippen LogP contribution in [-0.2, 0) is 11.3 Å². The van der Waals surface area contributed by atoms with Crippen molar-refractivity contribution in [1.29, 1.82) is 0 Å². The van der Waals surface area contributed by atoms with Gasteiger partial charge in [-0.25, -0.2) is 4.79 Å². The lowest BCUT2D eigenvalue weighted by molar-refractivity contribution is 0.0502. The Morgan fingerprint density at radius 1 is 1.32 bits per heavy atom. The smallest absolute Gasteiger partial charge is 0.407 e. The molecule has 31 heavy (non-hydrogen) atoms. The van der Waals surface area contributed by atoms with E-state index in [1.807, 2.05) is 39.1 Å². The van der Waals surface area contributed by atoms with E-state index in [1.165, 1.54) is 0 Å². The number of ether oxygens (including phenoxy) is 1. The summed E-state index contributed by atoms with van der Waals surface area (Å²) in [5.74, 6) is 0.773. The van der Waals surface area contributed by atoms with Crippen molar-refractivity contribution in [2.45, 2.75) is 77.6 Å². The van der Waals surface area contributed by atoms with Gasteiger partial charge in [-0.1, -0.05) is 19.4 Å². The van der Waals surface area contributed by atoms with Gasteiger partial charge in [0.05, 0.1) is 5.69 Å². The predicted octanol–water partition coefficient (Wildman–Crippen LogP) is 2.90. The van der Waals surface area contributed by atoms with E-state index in [4.69, 9.17) is 4.74 Å². The molecule has 8 nitrogen and oxygen atoms in total. The maximum atomic E-state index is 12.1. The molecule has 1 atom stereocenters. The number of hydrogen-bond donors (Lipinski definition) is 3. The third-order valence-corrected chi connectivity index (χ3v) is 5.14. The maximum absolute atomic E-state index is 12.1. The summed E-state index contributed by atoms with van der Waals surface area (Å²) in [6, 6.07) is 6.43. The number of likely N-dealkylation sites (tertiary alicyclic amines) is 1. The van der Waals surface area contributed by atoms with Gasteiger partial charge in [-0.3, -0.25) is 14.9 Å². The van der Waals surface area contributed by atoms with Crippen molar-refractivity contribution >= 4 is 12.1 Å². The van der Waals surface area contributed by atoms with Gasteiger partial charge < -0.3 is 20.7 Å². The Morgan fingerprint density at radius 2 is 2.06 bits per heavy atom. The lowest BCUT2D eigenvalue weighted by atomic mass is 10.0. The van der Waals surface area contributed by atoms with E-state index in [0.29, 0.717) is 12.6 Å². The van der Waals surface area contributed by atoms with Gasteiger partial charge >= 0.3 is 6.09 Å². The maximum Gasteiger partial charge on any atom is 0.407 e. The van der Waals surface area contributed by atoms with Crippen molar-refractivity contribution in [3.05, 3.63) is 30.1 Å². The van der Waals surface area contributed by atoms with E-state index in [-0.39, 0.29) is 12.1 Å². The topological polar surface area (TPSA) is 90.9 Å². The molecule has 0 radical (unpaired) electrons. The molecule has 1 amide bonds. The van der Waals surface area contributed by atoms with Crippen LogP contribution in [0, 0.1) is 0 Å². The third-order valence-electron chi connectivity index (χ3n) is 5.14. The van der Waals surface area contributed by atoms with Crippen LogP contribution in [0.3, 0.4) is 0 Å². The fourth-order valence-electron chi connectivity index (χ4n) is 3.61. The Balaban J connectivity index is 1.75. The second-order valence-electron chi connectivity index (χ2n) is 9.10. The van der Waals surface area contributed by atoms with Gasteiger partial charge in [0.2, 0.25) is 0 Å². The molecule has 0 bridgehead atoms. The quantitative estimate of drug-likeness (QED) is 0.432. The minimum Gasteiger partial charge on any atom is -0.444 e. The molecule has 2 heterocycles. The van der Waals surface area contributed by atoms with E-state index in [9.17, 15) is 4.79 Å². The number of alkyl carbamates (subject to hydrolysis) is 1. The fourth-order valence-corrected chi connectivity index (χ4v) is 3.61. The van der Waals surface area contributed by atoms with Crippen LogP contribution in [0.5, 0.6) is 0 Å². The molecule has 8 heteroatoms. The number of carbonyl (C=O) groups is 1. The van der Waals surface area contributed by atoms with Crippen LogP contribution in [0.1, 0.15) is 59.1 Å². The monoisotopic (exact) mass is 432 g/mol. The summed E-state index contributed by atoms with van der Waals surface area (Å²) in [7, 11) is 1.78. The van der Waals surface area contributed by atoms with Crippen LogP contribution in [0.4, 0.5) is 4.79 Å². The van der Waals surface area contributed by atoms with Gasteiger partial charge in [0.1, 0.15) is 5.60 Å². The summed E-state index contributed by atoms with van der Waals surface area (Å²) >= 11 is 0. The van der Waals surface area contributed by atoms with Gasteiger partial charge in [0, 0.05) is 51.5 Å². The van der Waals surface area contributed by atoms with E-state index < -0.39 is 5.60 Å². The number of amides is 1. The predicted molar refractivity (Wildman–Crippen MR) is 125 cm³/mol. The zero-order chi connectivity index (χ0) is 22.7. The van der Waals surface area contributed by atoms with Crippen LogP contribution in [0.25, 0.3) is 0 Å². The zero-order valence-electron chi connectivity index (χ0n) is 19.8. The Kier molecular flexibility index (Phi) is 10.0. The van der Waals surface area contributed by atoms with Gasteiger partial charge in [-0.05, 0) is 52.2 Å². The lowest BCUT2D eigenvalue weighted by Gasteiger charge is -2.33. The summed E-state index contributed by atoms with van der Waals surface area (Å²) in [4.78, 5) is 23.4. The number of pyridine rings is 1. The van der Waals surface area contributed by atoms with Crippen molar-refractivity contribution in [3.8, 4) is 0 Å². The molecule has 2 rings (SSSR count). The SMILES string of the molecule is CCCC(CNC(=NC)NC1CCN(Cc2ccccn2)CC1)NC(=O)OC(C)(C)C. The molecule has 0 saturated carbocycles. The average molecular weight is 433 g/mol. The number of piperidine rings is 1. The Morgan fingerprint density at radius 3 is 2.65 bits per heavy atom. The van der Waals surface area contributed by atoms with Crippen molar-refractivity contribution in [2.75, 3.05) is 26.7 Å². The Labute approximate surface area is 187 Å². The number of aromatic nitrogens is 1. The molecule has 1 aromatic rings. The van der Waals surface area contributed by atoms with Gasteiger partial charge in [-0.15, -0.1) is 0 Å². The average Bonchev–Trinajstić information content (AvgIpc) is 2.71. The Bertz CT molecular complexity index is 681.